The lowest BCUT2D eigenvalue weighted by atomic mass is 9.99. The fraction of sp³-hybridized carbons (Fsp3) is 0.150. The molecule has 3 aromatic rings. The lowest BCUT2D eigenvalue weighted by Crippen LogP contribution is -2.23. The van der Waals surface area contributed by atoms with Crippen LogP contribution in [-0.2, 0) is 13.0 Å². The number of nitrogens with one attached hydrogen (secondary N) is 1. The number of hydrogen-bond donors (Lipinski definition) is 2. The van der Waals surface area contributed by atoms with Crippen molar-refractivity contribution in [2.45, 2.75) is 19.9 Å². The minimum Gasteiger partial charge on any atom is -0.390 e. The van der Waals surface area contributed by atoms with Crippen molar-refractivity contribution < 1.29 is 4.79 Å². The Morgan fingerprint density at radius 1 is 1.12 bits per heavy atom. The van der Waals surface area contributed by atoms with Gasteiger partial charge in [0.05, 0.1) is 10.6 Å². The van der Waals surface area contributed by atoms with Crippen molar-refractivity contribution in [2.75, 3.05) is 5.73 Å². The topological polar surface area (TPSA) is 55.1 Å². The zero-order chi connectivity index (χ0) is 17.8. The molecule has 0 spiro atoms. The van der Waals surface area contributed by atoms with E-state index in [1.165, 1.54) is 11.3 Å². The Balaban J connectivity index is 1.93. The maximum absolute atomic E-state index is 12.8. The largest absolute Gasteiger partial charge is 0.390 e. The maximum Gasteiger partial charge on any atom is 0.255 e. The Labute approximate surface area is 156 Å². The predicted octanol–water partition coefficient (Wildman–Crippen LogP) is 5.14. The number of carbonyl (C=O) groups excluding carboxylic acids is 1. The van der Waals surface area contributed by atoms with E-state index >= 15 is 0 Å². The zero-order valence-electron chi connectivity index (χ0n) is 13.9. The first kappa shape index (κ1) is 17.5. The molecule has 1 aromatic heterocycles. The van der Waals surface area contributed by atoms with Crippen LogP contribution in [-0.4, -0.2) is 5.91 Å². The normalized spacial score (nSPS) is 10.6. The first-order valence-corrected chi connectivity index (χ1v) is 9.28. The summed E-state index contributed by atoms with van der Waals surface area (Å²) in [6.45, 7) is 2.53. The van der Waals surface area contributed by atoms with Crippen LogP contribution in [0.3, 0.4) is 0 Å². The predicted molar refractivity (Wildman–Crippen MR) is 106 cm³/mol. The van der Waals surface area contributed by atoms with Crippen LogP contribution in [0.2, 0.25) is 5.02 Å². The summed E-state index contributed by atoms with van der Waals surface area (Å²) in [5.41, 5.74) is 9.66. The molecule has 0 radical (unpaired) electrons. The van der Waals surface area contributed by atoms with Crippen LogP contribution < -0.4 is 11.1 Å². The monoisotopic (exact) mass is 370 g/mol. The number of rotatable bonds is 5. The lowest BCUT2D eigenvalue weighted by Gasteiger charge is -2.09. The highest BCUT2D eigenvalue weighted by Crippen LogP contribution is 2.39. The van der Waals surface area contributed by atoms with Crippen molar-refractivity contribution in [2.24, 2.45) is 0 Å². The van der Waals surface area contributed by atoms with Crippen molar-refractivity contribution in [3.63, 3.8) is 0 Å². The second kappa shape index (κ2) is 7.72. The highest BCUT2D eigenvalue weighted by atomic mass is 35.5. The van der Waals surface area contributed by atoms with Crippen LogP contribution in [0.1, 0.15) is 27.7 Å². The first-order chi connectivity index (χ1) is 12.1. The van der Waals surface area contributed by atoms with Crippen molar-refractivity contribution in [3.8, 4) is 11.1 Å². The van der Waals surface area contributed by atoms with Gasteiger partial charge in [0.2, 0.25) is 0 Å². The van der Waals surface area contributed by atoms with Crippen molar-refractivity contribution in [1.82, 2.24) is 5.32 Å². The minimum absolute atomic E-state index is 0.151. The summed E-state index contributed by atoms with van der Waals surface area (Å²) < 4.78 is 0. The molecular weight excluding hydrogens is 352 g/mol. The molecule has 3 nitrogen and oxygen atoms in total. The van der Waals surface area contributed by atoms with Crippen molar-refractivity contribution >= 4 is 33.8 Å². The Hall–Kier alpha value is -2.30. The molecule has 25 heavy (non-hydrogen) atoms. The number of anilines is 1. The van der Waals surface area contributed by atoms with Crippen LogP contribution in [0.5, 0.6) is 0 Å². The van der Waals surface area contributed by atoms with E-state index < -0.39 is 0 Å². The maximum atomic E-state index is 12.8. The van der Waals surface area contributed by atoms with Gasteiger partial charge in [-0.2, -0.15) is 0 Å². The molecule has 1 heterocycles. The molecule has 0 saturated heterocycles. The number of amides is 1. The van der Waals surface area contributed by atoms with Crippen LogP contribution in [0.25, 0.3) is 11.1 Å². The van der Waals surface area contributed by atoms with Gasteiger partial charge in [0.1, 0.15) is 0 Å². The third-order valence-electron chi connectivity index (χ3n) is 3.99. The van der Waals surface area contributed by atoms with E-state index in [2.05, 4.69) is 12.2 Å². The number of benzene rings is 2. The summed E-state index contributed by atoms with van der Waals surface area (Å²) in [4.78, 5) is 13.9. The Kier molecular flexibility index (Phi) is 5.41. The van der Waals surface area contributed by atoms with Gasteiger partial charge in [-0.05, 0) is 29.7 Å². The third kappa shape index (κ3) is 3.86. The van der Waals surface area contributed by atoms with Crippen LogP contribution in [0.15, 0.2) is 54.6 Å². The standard InChI is InChI=1S/C20H19ClN2OS/c1-2-16-17(14-8-10-15(21)11-9-14)18(19(22)25-16)20(24)23-12-13-6-4-3-5-7-13/h3-11H,2,12,22H2,1H3,(H,23,24). The van der Waals surface area contributed by atoms with Gasteiger partial charge in [-0.15, -0.1) is 11.3 Å². The summed E-state index contributed by atoms with van der Waals surface area (Å²) in [5, 5.41) is 4.19. The smallest absolute Gasteiger partial charge is 0.255 e. The second-order valence-electron chi connectivity index (χ2n) is 5.67. The number of halogens is 1. The van der Waals surface area contributed by atoms with E-state index in [9.17, 15) is 4.79 Å². The molecule has 0 aliphatic heterocycles. The van der Waals surface area contributed by atoms with Gasteiger partial charge in [0, 0.05) is 22.0 Å². The van der Waals surface area contributed by atoms with Gasteiger partial charge in [-0.25, -0.2) is 0 Å². The molecule has 0 aliphatic carbocycles. The molecule has 1 amide bonds. The molecule has 0 fully saturated rings. The molecule has 5 heteroatoms. The van der Waals surface area contributed by atoms with Gasteiger partial charge in [-0.1, -0.05) is 61.0 Å². The molecule has 2 aromatic carbocycles. The van der Waals surface area contributed by atoms with Crippen molar-refractivity contribution in [1.29, 1.82) is 0 Å². The van der Waals surface area contributed by atoms with Crippen LogP contribution >= 0.6 is 22.9 Å². The van der Waals surface area contributed by atoms with E-state index in [0.29, 0.717) is 22.1 Å². The molecule has 0 atom stereocenters. The summed E-state index contributed by atoms with van der Waals surface area (Å²) in [6, 6.07) is 17.3. The summed E-state index contributed by atoms with van der Waals surface area (Å²) in [7, 11) is 0. The Bertz CT molecular complexity index is 873. The molecule has 0 unspecified atom stereocenters. The lowest BCUT2D eigenvalue weighted by molar-refractivity contribution is 0.0953. The molecule has 3 N–H and O–H groups in total. The number of nitrogens with two attached hydrogens (primary N) is 1. The van der Waals surface area contributed by atoms with Gasteiger partial charge in [0.15, 0.2) is 0 Å². The number of thiophene rings is 1. The van der Waals surface area contributed by atoms with E-state index in [1.54, 1.807) is 0 Å². The van der Waals surface area contributed by atoms with Crippen LogP contribution in [0, 0.1) is 0 Å². The Morgan fingerprint density at radius 3 is 2.44 bits per heavy atom. The van der Waals surface area contributed by atoms with Gasteiger partial charge >= 0.3 is 0 Å². The average molecular weight is 371 g/mol. The fourth-order valence-electron chi connectivity index (χ4n) is 2.76. The van der Waals surface area contributed by atoms with Gasteiger partial charge in [0.25, 0.3) is 5.91 Å². The van der Waals surface area contributed by atoms with E-state index in [0.717, 1.165) is 28.0 Å². The summed E-state index contributed by atoms with van der Waals surface area (Å²) in [5.74, 6) is -0.151. The minimum atomic E-state index is -0.151. The van der Waals surface area contributed by atoms with E-state index in [4.69, 9.17) is 17.3 Å². The highest BCUT2D eigenvalue weighted by molar-refractivity contribution is 7.17. The van der Waals surface area contributed by atoms with Crippen molar-refractivity contribution in [3.05, 3.63) is 75.6 Å². The molecule has 3 rings (SSSR count). The van der Waals surface area contributed by atoms with Gasteiger partial charge in [-0.3, -0.25) is 4.79 Å². The number of hydrogen-bond acceptors (Lipinski definition) is 3. The zero-order valence-corrected chi connectivity index (χ0v) is 15.5. The highest BCUT2D eigenvalue weighted by Gasteiger charge is 2.22. The Morgan fingerprint density at radius 2 is 1.80 bits per heavy atom. The molecule has 0 saturated carbocycles. The quantitative estimate of drug-likeness (QED) is 0.653. The molecular formula is C20H19ClN2OS. The first-order valence-electron chi connectivity index (χ1n) is 8.09. The summed E-state index contributed by atoms with van der Waals surface area (Å²) >= 11 is 7.47. The van der Waals surface area contributed by atoms with E-state index in [-0.39, 0.29) is 5.91 Å². The average Bonchev–Trinajstić information content (AvgIpc) is 2.97. The molecule has 0 aliphatic rings. The third-order valence-corrected chi connectivity index (χ3v) is 5.40. The number of nitrogen functional groups attached to an aromatic ring is 1. The number of aryl methyl sites for hydroxylation is 1. The van der Waals surface area contributed by atoms with Gasteiger partial charge < -0.3 is 11.1 Å². The van der Waals surface area contributed by atoms with E-state index in [1.807, 2.05) is 54.6 Å². The second-order valence-corrected chi connectivity index (χ2v) is 7.24. The SMILES string of the molecule is CCc1sc(N)c(C(=O)NCc2ccccc2)c1-c1ccc(Cl)cc1. The summed E-state index contributed by atoms with van der Waals surface area (Å²) in [6.07, 6.45) is 0.818. The molecule has 128 valence electrons. The fourth-order valence-corrected chi connectivity index (χ4v) is 3.91. The number of carbonyl (C=O) groups is 1. The van der Waals surface area contributed by atoms with Crippen LogP contribution in [0.4, 0.5) is 5.00 Å². The molecule has 0 bridgehead atoms.